The van der Waals surface area contributed by atoms with E-state index in [2.05, 4.69) is 16.0 Å². The van der Waals surface area contributed by atoms with Gasteiger partial charge in [-0.1, -0.05) is 6.42 Å². The molecule has 7 heteroatoms. The highest BCUT2D eigenvalue weighted by Crippen LogP contribution is 2.38. The fourth-order valence-electron chi connectivity index (χ4n) is 2.55. The second-order valence-electron chi connectivity index (χ2n) is 6.04. The molecule has 0 aromatic heterocycles. The topological polar surface area (TPSA) is 108 Å². The average Bonchev–Trinajstić information content (AvgIpc) is 2.71. The lowest BCUT2D eigenvalue weighted by molar-refractivity contribution is -0.148. The van der Waals surface area contributed by atoms with Crippen molar-refractivity contribution >= 4 is 17.9 Å². The van der Waals surface area contributed by atoms with Crippen molar-refractivity contribution < 1.29 is 19.5 Å². The fraction of sp³-hybridized carbons (Fsp3) is 0.786. The third-order valence-electron chi connectivity index (χ3n) is 3.84. The highest BCUT2D eigenvalue weighted by atomic mass is 16.4. The largest absolute Gasteiger partial charge is 0.481 e. The van der Waals surface area contributed by atoms with Crippen LogP contribution in [-0.2, 0) is 9.59 Å². The Labute approximate surface area is 124 Å². The number of carboxylic acid groups (broad SMARTS) is 1. The van der Waals surface area contributed by atoms with E-state index in [9.17, 15) is 19.5 Å². The monoisotopic (exact) mass is 299 g/mol. The van der Waals surface area contributed by atoms with E-state index in [4.69, 9.17) is 0 Å². The first kappa shape index (κ1) is 17.3. The summed E-state index contributed by atoms with van der Waals surface area (Å²) in [6, 6.07) is -0.729. The summed E-state index contributed by atoms with van der Waals surface area (Å²) < 4.78 is 0. The summed E-state index contributed by atoms with van der Waals surface area (Å²) in [5.74, 6) is -1.01. The molecule has 0 saturated heterocycles. The third-order valence-corrected chi connectivity index (χ3v) is 3.84. The van der Waals surface area contributed by atoms with Crippen LogP contribution in [-0.4, -0.2) is 41.6 Å². The summed E-state index contributed by atoms with van der Waals surface area (Å²) >= 11 is 0. The summed E-state index contributed by atoms with van der Waals surface area (Å²) in [4.78, 5) is 34.5. The summed E-state index contributed by atoms with van der Waals surface area (Å²) in [6.07, 6.45) is 2.20. The molecule has 1 aliphatic rings. The Morgan fingerprint density at radius 2 is 2.00 bits per heavy atom. The Morgan fingerprint density at radius 1 is 1.33 bits per heavy atom. The van der Waals surface area contributed by atoms with Gasteiger partial charge in [0.25, 0.3) is 0 Å². The van der Waals surface area contributed by atoms with Crippen LogP contribution < -0.4 is 16.0 Å². The Hall–Kier alpha value is -1.79. The Balaban J connectivity index is 2.34. The van der Waals surface area contributed by atoms with Crippen LogP contribution in [0.2, 0.25) is 0 Å². The standard InChI is InChI=1S/C14H25N3O4/c1-9(2)16-11(18)6-8-15-13(21)17-10-5-4-7-14(10,3)12(19)20/h9-10H,4-8H2,1-3H3,(H,16,18)(H,19,20)(H2,15,17,21). The van der Waals surface area contributed by atoms with Crippen molar-refractivity contribution in [1.29, 1.82) is 0 Å². The van der Waals surface area contributed by atoms with Gasteiger partial charge in [-0.05, 0) is 33.6 Å². The summed E-state index contributed by atoms with van der Waals surface area (Å²) in [6.45, 7) is 5.61. The molecule has 7 nitrogen and oxygen atoms in total. The molecule has 0 heterocycles. The van der Waals surface area contributed by atoms with Crippen LogP contribution in [0.4, 0.5) is 4.79 Å². The molecule has 3 amide bonds. The number of carboxylic acids is 1. The molecular formula is C14H25N3O4. The maximum Gasteiger partial charge on any atom is 0.315 e. The normalized spacial score (nSPS) is 24.7. The first-order valence-corrected chi connectivity index (χ1v) is 7.33. The lowest BCUT2D eigenvalue weighted by Crippen LogP contribution is -2.50. The Bertz CT molecular complexity index is 411. The second-order valence-corrected chi connectivity index (χ2v) is 6.04. The fourth-order valence-corrected chi connectivity index (χ4v) is 2.55. The van der Waals surface area contributed by atoms with Crippen LogP contribution in [0.5, 0.6) is 0 Å². The van der Waals surface area contributed by atoms with Gasteiger partial charge in [-0.25, -0.2) is 4.79 Å². The second kappa shape index (κ2) is 7.28. The van der Waals surface area contributed by atoms with Crippen LogP contribution in [0.15, 0.2) is 0 Å². The van der Waals surface area contributed by atoms with Crippen molar-refractivity contribution in [3.8, 4) is 0 Å². The molecule has 0 bridgehead atoms. The first-order valence-electron chi connectivity index (χ1n) is 7.33. The molecule has 1 fully saturated rings. The Kier molecular flexibility index (Phi) is 5.99. The van der Waals surface area contributed by atoms with Crippen molar-refractivity contribution in [2.75, 3.05) is 6.54 Å². The van der Waals surface area contributed by atoms with Gasteiger partial charge in [-0.2, -0.15) is 0 Å². The molecule has 0 aromatic carbocycles. The van der Waals surface area contributed by atoms with E-state index in [-0.39, 0.29) is 31.0 Å². The van der Waals surface area contributed by atoms with Gasteiger partial charge in [0.05, 0.1) is 5.41 Å². The van der Waals surface area contributed by atoms with Crippen LogP contribution in [0.1, 0.15) is 46.5 Å². The molecule has 4 N–H and O–H groups in total. The molecule has 2 atom stereocenters. The maximum atomic E-state index is 11.8. The number of hydrogen-bond donors (Lipinski definition) is 4. The summed E-state index contributed by atoms with van der Waals surface area (Å²) in [7, 11) is 0. The van der Waals surface area contributed by atoms with E-state index in [1.54, 1.807) is 6.92 Å². The van der Waals surface area contributed by atoms with E-state index in [0.29, 0.717) is 12.8 Å². The number of aliphatic carboxylic acids is 1. The predicted octanol–water partition coefficient (Wildman–Crippen LogP) is 0.844. The van der Waals surface area contributed by atoms with Crippen molar-refractivity contribution in [2.45, 2.75) is 58.5 Å². The zero-order valence-corrected chi connectivity index (χ0v) is 12.9. The molecule has 1 saturated carbocycles. The molecule has 0 radical (unpaired) electrons. The third kappa shape index (κ3) is 4.91. The lowest BCUT2D eigenvalue weighted by atomic mass is 9.85. The van der Waals surface area contributed by atoms with E-state index < -0.39 is 17.4 Å². The lowest BCUT2D eigenvalue weighted by Gasteiger charge is -2.27. The molecule has 0 aliphatic heterocycles. The summed E-state index contributed by atoms with van der Waals surface area (Å²) in [5.41, 5.74) is -0.910. The van der Waals surface area contributed by atoms with Crippen molar-refractivity contribution in [3.63, 3.8) is 0 Å². The molecule has 1 aliphatic carbocycles. The number of urea groups is 1. The minimum Gasteiger partial charge on any atom is -0.481 e. The SMILES string of the molecule is CC(C)NC(=O)CCNC(=O)NC1CCCC1(C)C(=O)O. The molecule has 120 valence electrons. The van der Waals surface area contributed by atoms with Gasteiger partial charge in [-0.15, -0.1) is 0 Å². The van der Waals surface area contributed by atoms with Crippen LogP contribution in [0.3, 0.4) is 0 Å². The maximum absolute atomic E-state index is 11.8. The minimum absolute atomic E-state index is 0.0705. The zero-order chi connectivity index (χ0) is 16.0. The average molecular weight is 299 g/mol. The predicted molar refractivity (Wildman–Crippen MR) is 77.8 cm³/mol. The number of amides is 3. The van der Waals surface area contributed by atoms with Crippen molar-refractivity contribution in [1.82, 2.24) is 16.0 Å². The molecule has 2 unspecified atom stereocenters. The zero-order valence-electron chi connectivity index (χ0n) is 12.9. The van der Waals surface area contributed by atoms with E-state index in [0.717, 1.165) is 6.42 Å². The van der Waals surface area contributed by atoms with Gasteiger partial charge in [-0.3, -0.25) is 9.59 Å². The van der Waals surface area contributed by atoms with E-state index >= 15 is 0 Å². The number of rotatable bonds is 6. The molecule has 0 aromatic rings. The quantitative estimate of drug-likeness (QED) is 0.583. The molecular weight excluding hydrogens is 274 g/mol. The van der Waals surface area contributed by atoms with Gasteiger partial charge in [0.15, 0.2) is 0 Å². The molecule has 21 heavy (non-hydrogen) atoms. The van der Waals surface area contributed by atoms with Crippen LogP contribution >= 0.6 is 0 Å². The molecule has 1 rings (SSSR count). The van der Waals surface area contributed by atoms with Crippen molar-refractivity contribution in [2.24, 2.45) is 5.41 Å². The van der Waals surface area contributed by atoms with Gasteiger partial charge in [0.2, 0.25) is 5.91 Å². The van der Waals surface area contributed by atoms with Gasteiger partial charge in [0, 0.05) is 25.0 Å². The van der Waals surface area contributed by atoms with Crippen LogP contribution in [0.25, 0.3) is 0 Å². The van der Waals surface area contributed by atoms with Gasteiger partial charge in [0.1, 0.15) is 0 Å². The highest BCUT2D eigenvalue weighted by molar-refractivity contribution is 5.80. The smallest absolute Gasteiger partial charge is 0.315 e. The minimum atomic E-state index is -0.910. The molecule has 0 spiro atoms. The van der Waals surface area contributed by atoms with E-state index in [1.165, 1.54) is 0 Å². The van der Waals surface area contributed by atoms with Gasteiger partial charge < -0.3 is 21.1 Å². The number of hydrogen-bond acceptors (Lipinski definition) is 3. The van der Waals surface area contributed by atoms with Gasteiger partial charge >= 0.3 is 12.0 Å². The Morgan fingerprint density at radius 3 is 2.57 bits per heavy atom. The number of carbonyl (C=O) groups is 3. The van der Waals surface area contributed by atoms with Crippen LogP contribution in [0, 0.1) is 5.41 Å². The number of nitrogens with one attached hydrogen (secondary N) is 3. The van der Waals surface area contributed by atoms with E-state index in [1.807, 2.05) is 13.8 Å². The first-order chi connectivity index (χ1) is 9.75. The summed E-state index contributed by atoms with van der Waals surface area (Å²) in [5, 5.41) is 17.3. The van der Waals surface area contributed by atoms with Crippen molar-refractivity contribution in [3.05, 3.63) is 0 Å². The number of carbonyl (C=O) groups excluding carboxylic acids is 2. The highest BCUT2D eigenvalue weighted by Gasteiger charge is 2.45.